The molecule has 0 saturated heterocycles. The summed E-state index contributed by atoms with van der Waals surface area (Å²) in [6, 6.07) is 18.1. The van der Waals surface area contributed by atoms with E-state index in [4.69, 9.17) is 27.9 Å². The lowest BCUT2D eigenvalue weighted by atomic mass is 10.1. The Morgan fingerprint density at radius 2 is 1.59 bits per heavy atom. The Morgan fingerprint density at radius 1 is 0.927 bits per heavy atom. The van der Waals surface area contributed by atoms with Crippen LogP contribution in [0.4, 0.5) is 5.69 Å². The second-order valence-electron chi connectivity index (χ2n) is 9.54. The number of nitrogens with zero attached hydrogens (tertiary/aromatic N) is 2. The van der Waals surface area contributed by atoms with Gasteiger partial charge < -0.3 is 15.0 Å². The van der Waals surface area contributed by atoms with Crippen molar-refractivity contribution in [2.45, 2.75) is 57.6 Å². The minimum atomic E-state index is -4.21. The topological polar surface area (TPSA) is 96.0 Å². The van der Waals surface area contributed by atoms with Gasteiger partial charge in [-0.05, 0) is 93.4 Å². The zero-order chi connectivity index (χ0) is 30.2. The van der Waals surface area contributed by atoms with Crippen molar-refractivity contribution in [3.8, 4) is 5.75 Å². The smallest absolute Gasteiger partial charge is 0.264 e. The molecule has 0 aliphatic carbocycles. The Balaban J connectivity index is 2.03. The first-order valence-corrected chi connectivity index (χ1v) is 15.5. The molecule has 0 aliphatic heterocycles. The summed E-state index contributed by atoms with van der Waals surface area (Å²) in [4.78, 5) is 28.4. The monoisotopic (exact) mass is 619 g/mol. The third-order valence-corrected chi connectivity index (χ3v) is 8.80. The first-order valence-electron chi connectivity index (χ1n) is 13.3. The van der Waals surface area contributed by atoms with E-state index in [1.54, 1.807) is 55.5 Å². The zero-order valence-corrected chi connectivity index (χ0v) is 25.8. The molecule has 3 aromatic rings. The predicted octanol–water partition coefficient (Wildman–Crippen LogP) is 5.92. The maximum atomic E-state index is 14.0. The molecule has 0 spiro atoms. The van der Waals surface area contributed by atoms with Crippen molar-refractivity contribution >= 4 is 50.7 Å². The van der Waals surface area contributed by atoms with E-state index in [-0.39, 0.29) is 29.1 Å². The first kappa shape index (κ1) is 32.2. The van der Waals surface area contributed by atoms with Crippen molar-refractivity contribution in [2.24, 2.45) is 0 Å². The molecule has 0 heterocycles. The molecule has 0 aliphatic rings. The number of rotatable bonds is 13. The predicted molar refractivity (Wildman–Crippen MR) is 163 cm³/mol. The number of carbonyl (C=O) groups excluding carboxylic acids is 2. The molecule has 8 nitrogen and oxygen atoms in total. The van der Waals surface area contributed by atoms with Crippen LogP contribution in [0, 0.1) is 0 Å². The number of sulfonamides is 1. The summed E-state index contributed by atoms with van der Waals surface area (Å²) in [5.74, 6) is -0.351. The summed E-state index contributed by atoms with van der Waals surface area (Å²) >= 11 is 12.2. The van der Waals surface area contributed by atoms with Gasteiger partial charge in [0.2, 0.25) is 11.8 Å². The van der Waals surface area contributed by atoms with Crippen molar-refractivity contribution in [1.29, 1.82) is 0 Å². The van der Waals surface area contributed by atoms with Gasteiger partial charge in [0.25, 0.3) is 10.0 Å². The molecule has 0 saturated carbocycles. The van der Waals surface area contributed by atoms with Crippen LogP contribution in [0.5, 0.6) is 5.75 Å². The third-order valence-electron chi connectivity index (χ3n) is 6.53. The molecule has 0 fully saturated rings. The lowest BCUT2D eigenvalue weighted by Gasteiger charge is -2.32. The number of anilines is 1. The number of halogens is 2. The summed E-state index contributed by atoms with van der Waals surface area (Å²) in [6.45, 7) is 7.22. The molecular formula is C30H35Cl2N3O5S. The minimum absolute atomic E-state index is 0.0347. The summed E-state index contributed by atoms with van der Waals surface area (Å²) in [6.07, 6.45) is 0.714. The van der Waals surface area contributed by atoms with Crippen molar-refractivity contribution in [1.82, 2.24) is 10.2 Å². The number of ether oxygens (including phenoxy) is 1. The highest BCUT2D eigenvalue weighted by Gasteiger charge is 2.33. The van der Waals surface area contributed by atoms with E-state index in [0.717, 1.165) is 4.31 Å². The van der Waals surface area contributed by atoms with Gasteiger partial charge in [-0.1, -0.05) is 42.3 Å². The van der Waals surface area contributed by atoms with E-state index in [9.17, 15) is 18.0 Å². The van der Waals surface area contributed by atoms with Gasteiger partial charge >= 0.3 is 0 Å². The van der Waals surface area contributed by atoms with Crippen LogP contribution in [0.15, 0.2) is 77.7 Å². The number of hydrogen-bond acceptors (Lipinski definition) is 5. The van der Waals surface area contributed by atoms with Crippen molar-refractivity contribution < 1.29 is 22.7 Å². The van der Waals surface area contributed by atoms with E-state index >= 15 is 0 Å². The van der Waals surface area contributed by atoms with Gasteiger partial charge in [-0.15, -0.1) is 0 Å². The summed E-state index contributed by atoms with van der Waals surface area (Å²) in [7, 11) is -4.21. The van der Waals surface area contributed by atoms with Crippen LogP contribution in [0.25, 0.3) is 0 Å². The second-order valence-corrected chi connectivity index (χ2v) is 12.3. The molecule has 2 atom stereocenters. The molecule has 220 valence electrons. The number of benzene rings is 3. The fraction of sp³-hybridized carbons (Fsp3) is 0.333. The van der Waals surface area contributed by atoms with Gasteiger partial charge in [0, 0.05) is 22.6 Å². The van der Waals surface area contributed by atoms with E-state index in [0.29, 0.717) is 34.4 Å². The second kappa shape index (κ2) is 14.6. The number of hydrogen-bond donors (Lipinski definition) is 1. The molecule has 2 unspecified atom stereocenters. The maximum Gasteiger partial charge on any atom is 0.264 e. The largest absolute Gasteiger partial charge is 0.494 e. The molecule has 3 aromatic carbocycles. The van der Waals surface area contributed by atoms with Gasteiger partial charge in [0.1, 0.15) is 18.3 Å². The van der Waals surface area contributed by atoms with Gasteiger partial charge in [-0.2, -0.15) is 0 Å². The standard InChI is InChI=1S/C30H35Cl2N3O5S/c1-5-21(3)33-30(37)22(4)34(19-23-8-7-9-25(32)18-23)29(36)20-35(26-12-14-27(15-13-26)40-6-2)41(38,39)28-16-10-24(31)11-17-28/h7-18,21-22H,5-6,19-20H2,1-4H3,(H,33,37). The van der Waals surface area contributed by atoms with E-state index in [1.807, 2.05) is 20.8 Å². The Morgan fingerprint density at radius 3 is 2.17 bits per heavy atom. The fourth-order valence-corrected chi connectivity index (χ4v) is 5.77. The average molecular weight is 621 g/mol. The highest BCUT2D eigenvalue weighted by Crippen LogP contribution is 2.27. The fourth-order valence-electron chi connectivity index (χ4n) is 4.02. The highest BCUT2D eigenvalue weighted by molar-refractivity contribution is 7.92. The SMILES string of the molecule is CCOc1ccc(N(CC(=O)N(Cc2cccc(Cl)c2)C(C)C(=O)NC(C)CC)S(=O)(=O)c2ccc(Cl)cc2)cc1. The van der Waals surface area contributed by atoms with E-state index in [1.165, 1.54) is 29.2 Å². The van der Waals surface area contributed by atoms with E-state index in [2.05, 4.69) is 5.32 Å². The molecule has 0 aromatic heterocycles. The molecule has 2 amide bonds. The van der Waals surface area contributed by atoms with Gasteiger partial charge in [-0.3, -0.25) is 13.9 Å². The highest BCUT2D eigenvalue weighted by atomic mass is 35.5. The van der Waals surface area contributed by atoms with Crippen molar-refractivity contribution in [2.75, 3.05) is 17.5 Å². The van der Waals surface area contributed by atoms with Gasteiger partial charge in [-0.25, -0.2) is 8.42 Å². The van der Waals surface area contributed by atoms with Crippen LogP contribution in [-0.4, -0.2) is 50.4 Å². The van der Waals surface area contributed by atoms with Gasteiger partial charge in [0.05, 0.1) is 17.2 Å². The quantitative estimate of drug-likeness (QED) is 0.256. The Hall–Kier alpha value is -3.27. The average Bonchev–Trinajstić information content (AvgIpc) is 2.95. The van der Waals surface area contributed by atoms with Crippen LogP contribution in [0.2, 0.25) is 10.0 Å². The Bertz CT molecular complexity index is 1430. The maximum absolute atomic E-state index is 14.0. The Kier molecular flexibility index (Phi) is 11.5. The lowest BCUT2D eigenvalue weighted by Crippen LogP contribution is -2.52. The summed E-state index contributed by atoms with van der Waals surface area (Å²) < 4.78 is 34.3. The van der Waals surface area contributed by atoms with E-state index < -0.39 is 28.5 Å². The zero-order valence-electron chi connectivity index (χ0n) is 23.5. The number of nitrogens with one attached hydrogen (secondary N) is 1. The van der Waals surface area contributed by atoms with Crippen LogP contribution >= 0.6 is 23.2 Å². The molecule has 11 heteroatoms. The minimum Gasteiger partial charge on any atom is -0.494 e. The van der Waals surface area contributed by atoms with Crippen molar-refractivity contribution in [3.05, 3.63) is 88.4 Å². The molecule has 1 N–H and O–H groups in total. The summed E-state index contributed by atoms with van der Waals surface area (Å²) in [5, 5.41) is 3.77. The molecular weight excluding hydrogens is 585 g/mol. The van der Waals surface area contributed by atoms with Crippen LogP contribution in [0.1, 0.15) is 39.7 Å². The molecule has 3 rings (SSSR count). The number of amides is 2. The Labute approximate surface area is 252 Å². The lowest BCUT2D eigenvalue weighted by molar-refractivity contribution is -0.139. The van der Waals surface area contributed by atoms with Crippen LogP contribution in [0.3, 0.4) is 0 Å². The molecule has 0 radical (unpaired) electrons. The molecule has 41 heavy (non-hydrogen) atoms. The van der Waals surface area contributed by atoms with Crippen LogP contribution in [-0.2, 0) is 26.2 Å². The third kappa shape index (κ3) is 8.61. The van der Waals surface area contributed by atoms with Gasteiger partial charge in [0.15, 0.2) is 0 Å². The first-order chi connectivity index (χ1) is 19.5. The molecule has 0 bridgehead atoms. The van der Waals surface area contributed by atoms with Crippen molar-refractivity contribution in [3.63, 3.8) is 0 Å². The summed E-state index contributed by atoms with van der Waals surface area (Å²) in [5.41, 5.74) is 0.957. The normalized spacial score (nSPS) is 12.7. The van der Waals surface area contributed by atoms with Crippen LogP contribution < -0.4 is 14.4 Å². The number of carbonyl (C=O) groups is 2.